The molecule has 9 aromatic rings. The molecule has 15 rings (SSSR count). The van der Waals surface area contributed by atoms with Crippen molar-refractivity contribution in [3.63, 3.8) is 0 Å². The fourth-order valence-electron chi connectivity index (χ4n) is 14.2. The maximum Gasteiger partial charge on any atom is 0.252 e. The third kappa shape index (κ3) is 5.61. The molecule has 1 aromatic heterocycles. The van der Waals surface area contributed by atoms with Crippen LogP contribution in [-0.2, 0) is 25.7 Å². The Morgan fingerprint density at radius 1 is 0.448 bits per heavy atom. The van der Waals surface area contributed by atoms with Gasteiger partial charge < -0.3 is 19.1 Å². The monoisotopic (exact) mass is 865 g/mol. The number of hydrogen-bond acceptors (Lipinski definition) is 4. The Hall–Kier alpha value is -6.98. The zero-order chi connectivity index (χ0) is 43.7. The van der Waals surface area contributed by atoms with Crippen LogP contribution < -0.4 is 31.1 Å². The van der Waals surface area contributed by atoms with Crippen molar-refractivity contribution in [3.05, 3.63) is 191 Å². The third-order valence-electron chi connectivity index (χ3n) is 16.8. The quantitative estimate of drug-likeness (QED) is 0.161. The van der Waals surface area contributed by atoms with Gasteiger partial charge in [-0.15, -0.1) is 0 Å². The van der Waals surface area contributed by atoms with E-state index in [0.29, 0.717) is 11.8 Å². The Labute approximate surface area is 393 Å². The van der Waals surface area contributed by atoms with E-state index in [9.17, 15) is 0 Å². The molecule has 0 amide bonds. The second-order valence-electron chi connectivity index (χ2n) is 20.3. The number of aryl methyl sites for hydroxylation is 2. The van der Waals surface area contributed by atoms with Crippen LogP contribution >= 0.6 is 0 Å². The standard InChI is InChI=1S/C62H52BN3O/c1-4-21-43(22-5-1)64(44-23-6-2-7-24-44)46-32-33-47-50-37-56-51(38-58(50)67-57(47)36-46)63-52-35-42-20-11-16-40-19-13-28-49(60(40)42)62(52)66(53-34-31-41-17-10-15-39-18-12-27-48(53)59(39)41)55-30-14-29-54(61(55)63)65(56)45-25-8-3-9-26-45/h1-9,14,21-26,29-40H,10-13,15-20,27-28H2. The lowest BCUT2D eigenvalue weighted by Crippen LogP contribution is -2.62. The van der Waals surface area contributed by atoms with E-state index >= 15 is 0 Å². The average Bonchev–Trinajstić information content (AvgIpc) is 3.74. The van der Waals surface area contributed by atoms with E-state index < -0.39 is 0 Å². The molecule has 2 atom stereocenters. The molecule has 2 unspecified atom stereocenters. The summed E-state index contributed by atoms with van der Waals surface area (Å²) in [6.45, 7) is 0.0535. The minimum atomic E-state index is 0.0535. The molecule has 0 bridgehead atoms. The van der Waals surface area contributed by atoms with E-state index in [1.54, 1.807) is 33.4 Å². The maximum absolute atomic E-state index is 7.13. The van der Waals surface area contributed by atoms with E-state index in [1.165, 1.54) is 121 Å². The van der Waals surface area contributed by atoms with Gasteiger partial charge >= 0.3 is 0 Å². The summed E-state index contributed by atoms with van der Waals surface area (Å²) in [6.07, 6.45) is 15.2. The highest BCUT2D eigenvalue weighted by Gasteiger charge is 2.47. The van der Waals surface area contributed by atoms with Crippen LogP contribution in [0.25, 0.3) is 21.9 Å². The van der Waals surface area contributed by atoms with Crippen molar-refractivity contribution in [1.29, 1.82) is 0 Å². The summed E-state index contributed by atoms with van der Waals surface area (Å²) in [7, 11) is 0. The van der Waals surface area contributed by atoms with Gasteiger partial charge in [-0.2, -0.15) is 0 Å². The van der Waals surface area contributed by atoms with Crippen molar-refractivity contribution < 1.29 is 4.42 Å². The molecule has 2 aliphatic heterocycles. The molecule has 0 fully saturated rings. The Bertz CT molecular complexity index is 3430. The zero-order valence-electron chi connectivity index (χ0n) is 38.0. The lowest BCUT2D eigenvalue weighted by atomic mass is 9.33. The summed E-state index contributed by atoms with van der Waals surface area (Å²) in [5, 5.41) is 2.28. The van der Waals surface area contributed by atoms with E-state index in [0.717, 1.165) is 45.4 Å². The first-order chi connectivity index (χ1) is 33.2. The highest BCUT2D eigenvalue weighted by atomic mass is 16.3. The predicted octanol–water partition coefficient (Wildman–Crippen LogP) is 14.7. The molecule has 324 valence electrons. The lowest BCUT2D eigenvalue weighted by molar-refractivity contribution is 0.476. The SMILES string of the molecule is c1ccc(N(c2ccccc2)c2ccc3c(c2)oc2cc4c(cc23)N(c2ccccc2)c2cccc3c2B4c2cc4c5c(c2N3c2ccc3c6c2CCCC6CCC3)CCCC5CCC4)cc1. The van der Waals surface area contributed by atoms with Crippen LogP contribution in [0.5, 0.6) is 0 Å². The van der Waals surface area contributed by atoms with Gasteiger partial charge in [-0.25, -0.2) is 0 Å². The summed E-state index contributed by atoms with van der Waals surface area (Å²) in [5.74, 6) is 1.37. The molecule has 5 heteroatoms. The largest absolute Gasteiger partial charge is 0.456 e. The van der Waals surface area contributed by atoms with E-state index in [4.69, 9.17) is 4.42 Å². The number of anilines is 9. The average molecular weight is 866 g/mol. The molecule has 67 heavy (non-hydrogen) atoms. The van der Waals surface area contributed by atoms with Crippen LogP contribution in [0.4, 0.5) is 51.2 Å². The molecule has 0 saturated carbocycles. The highest BCUT2D eigenvalue weighted by molar-refractivity contribution is 7.00. The normalized spacial score (nSPS) is 18.5. The molecule has 0 saturated heterocycles. The smallest absolute Gasteiger partial charge is 0.252 e. The lowest BCUT2D eigenvalue weighted by Gasteiger charge is -2.47. The predicted molar refractivity (Wildman–Crippen MR) is 280 cm³/mol. The van der Waals surface area contributed by atoms with Crippen molar-refractivity contribution in [1.82, 2.24) is 0 Å². The molecule has 3 heterocycles. The first-order valence-electron chi connectivity index (χ1n) is 25.3. The van der Waals surface area contributed by atoms with Crippen LogP contribution in [-0.4, -0.2) is 6.71 Å². The van der Waals surface area contributed by atoms with Crippen LogP contribution in [0.2, 0.25) is 0 Å². The van der Waals surface area contributed by atoms with Crippen LogP contribution in [0.3, 0.4) is 0 Å². The molecular weight excluding hydrogens is 814 g/mol. The van der Waals surface area contributed by atoms with Crippen LogP contribution in [0.1, 0.15) is 96.6 Å². The number of nitrogens with zero attached hydrogens (tertiary/aromatic N) is 3. The maximum atomic E-state index is 7.13. The van der Waals surface area contributed by atoms with Crippen molar-refractivity contribution in [2.45, 2.75) is 88.9 Å². The van der Waals surface area contributed by atoms with Crippen molar-refractivity contribution in [2.75, 3.05) is 14.7 Å². The molecular formula is C62H52BN3O. The van der Waals surface area contributed by atoms with Crippen molar-refractivity contribution >= 4 is 96.2 Å². The van der Waals surface area contributed by atoms with Gasteiger partial charge in [0.2, 0.25) is 0 Å². The van der Waals surface area contributed by atoms with Gasteiger partial charge in [0.25, 0.3) is 6.71 Å². The summed E-state index contributed by atoms with van der Waals surface area (Å²) in [6, 6.07) is 59.2. The summed E-state index contributed by atoms with van der Waals surface area (Å²) in [4.78, 5) is 7.72. The molecule has 6 aliphatic rings. The van der Waals surface area contributed by atoms with Gasteiger partial charge in [-0.05, 0) is 218 Å². The van der Waals surface area contributed by atoms with E-state index in [-0.39, 0.29) is 6.71 Å². The second kappa shape index (κ2) is 14.8. The van der Waals surface area contributed by atoms with E-state index in [1.807, 2.05) is 0 Å². The van der Waals surface area contributed by atoms with Gasteiger partial charge in [0.15, 0.2) is 0 Å². The van der Waals surface area contributed by atoms with Gasteiger partial charge in [0.1, 0.15) is 11.2 Å². The molecule has 0 radical (unpaired) electrons. The fraction of sp³-hybridized carbons (Fsp3) is 0.226. The Kier molecular flexibility index (Phi) is 8.41. The molecule has 4 aliphatic carbocycles. The molecule has 0 spiro atoms. The summed E-state index contributed by atoms with van der Waals surface area (Å²) < 4.78 is 7.13. The van der Waals surface area contributed by atoms with Gasteiger partial charge in [-0.3, -0.25) is 0 Å². The topological polar surface area (TPSA) is 22.9 Å². The number of rotatable bonds is 5. The Balaban J connectivity index is 0.995. The van der Waals surface area contributed by atoms with E-state index in [2.05, 4.69) is 172 Å². The first-order valence-corrected chi connectivity index (χ1v) is 25.3. The zero-order valence-corrected chi connectivity index (χ0v) is 38.0. The van der Waals surface area contributed by atoms with Gasteiger partial charge in [-0.1, -0.05) is 72.8 Å². The minimum absolute atomic E-state index is 0.0535. The number of benzene rings is 8. The molecule has 0 N–H and O–H groups in total. The third-order valence-corrected chi connectivity index (χ3v) is 16.8. The number of para-hydroxylation sites is 3. The highest BCUT2D eigenvalue weighted by Crippen LogP contribution is 2.54. The van der Waals surface area contributed by atoms with Crippen molar-refractivity contribution in [3.8, 4) is 0 Å². The molecule has 8 aromatic carbocycles. The Morgan fingerprint density at radius 3 is 1.81 bits per heavy atom. The summed E-state index contributed by atoms with van der Waals surface area (Å²) in [5.41, 5.74) is 27.3. The Morgan fingerprint density at radius 2 is 1.07 bits per heavy atom. The number of furan rings is 1. The summed E-state index contributed by atoms with van der Waals surface area (Å²) >= 11 is 0. The fourth-order valence-corrected chi connectivity index (χ4v) is 14.2. The van der Waals surface area contributed by atoms with Gasteiger partial charge in [0.05, 0.1) is 0 Å². The second-order valence-corrected chi connectivity index (χ2v) is 20.3. The van der Waals surface area contributed by atoms with Gasteiger partial charge in [0, 0.05) is 68.0 Å². The van der Waals surface area contributed by atoms with Crippen molar-refractivity contribution in [2.24, 2.45) is 0 Å². The molecule has 4 nitrogen and oxygen atoms in total. The first kappa shape index (κ1) is 38.2. The number of hydrogen-bond donors (Lipinski definition) is 0. The van der Waals surface area contributed by atoms with Crippen LogP contribution in [0, 0.1) is 0 Å². The number of fused-ring (bicyclic) bond motifs is 8. The van der Waals surface area contributed by atoms with Crippen LogP contribution in [0.15, 0.2) is 162 Å². The minimum Gasteiger partial charge on any atom is -0.456 e.